The van der Waals surface area contributed by atoms with Crippen LogP contribution in [0.4, 0.5) is 0 Å². The van der Waals surface area contributed by atoms with Gasteiger partial charge in [-0.05, 0) is 60.7 Å². The molecule has 3 aromatic carbocycles. The second-order valence-corrected chi connectivity index (χ2v) is 9.12. The maximum Gasteiger partial charge on any atom is 0.200 e. The van der Waals surface area contributed by atoms with Crippen molar-refractivity contribution in [1.29, 1.82) is 0 Å². The first-order valence-corrected chi connectivity index (χ1v) is 12.2. The summed E-state index contributed by atoms with van der Waals surface area (Å²) in [6.07, 6.45) is 4.11. The normalized spacial score (nSPS) is 13.0. The van der Waals surface area contributed by atoms with E-state index in [-0.39, 0.29) is 5.43 Å². The molecule has 4 aromatic rings. The van der Waals surface area contributed by atoms with Gasteiger partial charge in [-0.15, -0.1) is 0 Å². The third kappa shape index (κ3) is 4.76. The lowest BCUT2D eigenvalue weighted by Gasteiger charge is -2.14. The minimum absolute atomic E-state index is 0.0702. The monoisotopic (exact) mass is 470 g/mol. The van der Waals surface area contributed by atoms with Crippen LogP contribution in [-0.4, -0.2) is 13.2 Å². The Bertz CT molecular complexity index is 1430. The maximum atomic E-state index is 13.5. The zero-order valence-corrected chi connectivity index (χ0v) is 20.5. The Morgan fingerprint density at radius 2 is 1.74 bits per heavy atom. The summed E-state index contributed by atoms with van der Waals surface area (Å²) in [6, 6.07) is 15.7. The van der Waals surface area contributed by atoms with Crippen molar-refractivity contribution < 1.29 is 18.6 Å². The molecular weight excluding hydrogens is 440 g/mol. The van der Waals surface area contributed by atoms with E-state index in [1.54, 1.807) is 0 Å². The fourth-order valence-electron chi connectivity index (χ4n) is 4.44. The van der Waals surface area contributed by atoms with Crippen LogP contribution in [0.5, 0.6) is 17.2 Å². The number of hydrogen-bond donors (Lipinski definition) is 0. The predicted molar refractivity (Wildman–Crippen MR) is 138 cm³/mol. The lowest BCUT2D eigenvalue weighted by molar-refractivity contribution is 0.297. The van der Waals surface area contributed by atoms with E-state index in [1.165, 1.54) is 17.4 Å². The molecule has 0 N–H and O–H groups in total. The molecule has 0 saturated carbocycles. The van der Waals surface area contributed by atoms with Crippen LogP contribution in [0.2, 0.25) is 0 Å². The highest BCUT2D eigenvalue weighted by atomic mass is 16.5. The van der Waals surface area contributed by atoms with Gasteiger partial charge in [-0.2, -0.15) is 0 Å². The van der Waals surface area contributed by atoms with Crippen LogP contribution in [0.15, 0.2) is 64.0 Å². The molecule has 5 rings (SSSR count). The molecule has 5 heteroatoms. The Labute approximate surface area is 205 Å². The molecular formula is C30H30O5. The molecule has 180 valence electrons. The van der Waals surface area contributed by atoms with Crippen LogP contribution in [0, 0.1) is 13.8 Å². The molecule has 35 heavy (non-hydrogen) atoms. The van der Waals surface area contributed by atoms with Crippen molar-refractivity contribution in [1.82, 2.24) is 0 Å². The van der Waals surface area contributed by atoms with E-state index < -0.39 is 0 Å². The summed E-state index contributed by atoms with van der Waals surface area (Å²) in [7, 11) is 0. The van der Waals surface area contributed by atoms with Gasteiger partial charge in [0, 0.05) is 12.5 Å². The van der Waals surface area contributed by atoms with Gasteiger partial charge in [0.2, 0.25) is 5.43 Å². The van der Waals surface area contributed by atoms with Crippen molar-refractivity contribution in [3.8, 4) is 28.4 Å². The average molecular weight is 471 g/mol. The lowest BCUT2D eigenvalue weighted by atomic mass is 10.0. The molecule has 0 aliphatic carbocycles. The number of rotatable bonds is 6. The molecule has 0 radical (unpaired) electrons. The zero-order valence-electron chi connectivity index (χ0n) is 20.5. The van der Waals surface area contributed by atoms with Crippen LogP contribution in [0.25, 0.3) is 22.1 Å². The summed E-state index contributed by atoms with van der Waals surface area (Å²) in [6.45, 7) is 7.97. The van der Waals surface area contributed by atoms with Gasteiger partial charge in [-0.1, -0.05) is 43.2 Å². The molecule has 0 spiro atoms. The van der Waals surface area contributed by atoms with Crippen molar-refractivity contribution in [2.45, 2.75) is 46.6 Å². The number of aryl methyl sites for hydroxylation is 3. The van der Waals surface area contributed by atoms with Crippen LogP contribution in [-0.2, 0) is 13.0 Å². The highest BCUT2D eigenvalue weighted by Crippen LogP contribution is 2.34. The average Bonchev–Trinajstić information content (AvgIpc) is 3.10. The van der Waals surface area contributed by atoms with Gasteiger partial charge >= 0.3 is 0 Å². The summed E-state index contributed by atoms with van der Waals surface area (Å²) in [5.41, 5.74) is 6.25. The van der Waals surface area contributed by atoms with Gasteiger partial charge in [-0.3, -0.25) is 4.79 Å². The van der Waals surface area contributed by atoms with Gasteiger partial charge in [-0.25, -0.2) is 0 Å². The Morgan fingerprint density at radius 3 is 2.57 bits per heavy atom. The number of benzene rings is 3. The fourth-order valence-corrected chi connectivity index (χ4v) is 4.44. The summed E-state index contributed by atoms with van der Waals surface area (Å²) in [5.74, 6) is 2.11. The smallest absolute Gasteiger partial charge is 0.200 e. The molecule has 0 unspecified atom stereocenters. The van der Waals surface area contributed by atoms with Crippen LogP contribution in [0.1, 0.15) is 42.0 Å². The van der Waals surface area contributed by atoms with Crippen molar-refractivity contribution in [2.24, 2.45) is 0 Å². The molecule has 2 heterocycles. The lowest BCUT2D eigenvalue weighted by Crippen LogP contribution is -2.07. The van der Waals surface area contributed by atoms with Gasteiger partial charge in [0.1, 0.15) is 24.2 Å². The van der Waals surface area contributed by atoms with E-state index in [0.717, 1.165) is 41.7 Å². The topological polar surface area (TPSA) is 57.9 Å². The number of fused-ring (bicyclic) bond motifs is 2. The first kappa shape index (κ1) is 23.0. The quantitative estimate of drug-likeness (QED) is 0.311. The van der Waals surface area contributed by atoms with Crippen molar-refractivity contribution in [3.05, 3.63) is 87.3 Å². The summed E-state index contributed by atoms with van der Waals surface area (Å²) < 4.78 is 23.8. The van der Waals surface area contributed by atoms with Crippen molar-refractivity contribution in [2.75, 3.05) is 13.2 Å². The summed E-state index contributed by atoms with van der Waals surface area (Å²) in [5, 5.41) is 0.553. The van der Waals surface area contributed by atoms with E-state index in [4.69, 9.17) is 18.6 Å². The minimum atomic E-state index is -0.0702. The largest absolute Gasteiger partial charge is 0.490 e. The van der Waals surface area contributed by atoms with Crippen LogP contribution >= 0.6 is 0 Å². The van der Waals surface area contributed by atoms with Crippen LogP contribution in [0.3, 0.4) is 0 Å². The first-order valence-electron chi connectivity index (χ1n) is 12.2. The Morgan fingerprint density at radius 1 is 0.914 bits per heavy atom. The molecule has 0 bridgehead atoms. The summed E-state index contributed by atoms with van der Waals surface area (Å²) >= 11 is 0. The third-order valence-corrected chi connectivity index (χ3v) is 6.42. The standard InChI is InChI=1S/C30H30O5/c1-4-6-22-14-24-28(16-27(22)34-17-23-13-19(2)7-8-20(23)3)35-18-25(30(24)31)21-9-10-26-29(15-21)33-12-5-11-32-26/h7-10,13-16,18H,4-6,11-12,17H2,1-3H3. The third-order valence-electron chi connectivity index (χ3n) is 6.42. The van der Waals surface area contributed by atoms with Gasteiger partial charge in [0.05, 0.1) is 24.2 Å². The molecule has 0 amide bonds. The molecule has 1 aliphatic heterocycles. The van der Waals surface area contributed by atoms with Gasteiger partial charge in [0.25, 0.3) is 0 Å². The first-order chi connectivity index (χ1) is 17.0. The van der Waals surface area contributed by atoms with E-state index in [2.05, 4.69) is 39.0 Å². The van der Waals surface area contributed by atoms with Crippen LogP contribution < -0.4 is 19.6 Å². The molecule has 0 saturated heterocycles. The molecule has 1 aromatic heterocycles. The van der Waals surface area contributed by atoms with Crippen molar-refractivity contribution in [3.63, 3.8) is 0 Å². The molecule has 1 aliphatic rings. The van der Waals surface area contributed by atoms with E-state index in [9.17, 15) is 4.79 Å². The zero-order chi connectivity index (χ0) is 24.4. The Kier molecular flexibility index (Phi) is 6.49. The predicted octanol–water partition coefficient (Wildman–Crippen LogP) is 6.77. The minimum Gasteiger partial charge on any atom is -0.490 e. The highest BCUT2D eigenvalue weighted by molar-refractivity contribution is 5.84. The van der Waals surface area contributed by atoms with Gasteiger partial charge in [0.15, 0.2) is 11.5 Å². The van der Waals surface area contributed by atoms with E-state index >= 15 is 0 Å². The number of hydrogen-bond acceptors (Lipinski definition) is 5. The molecule has 0 atom stereocenters. The second-order valence-electron chi connectivity index (χ2n) is 9.12. The van der Waals surface area contributed by atoms with Crippen molar-refractivity contribution >= 4 is 11.0 Å². The highest BCUT2D eigenvalue weighted by Gasteiger charge is 2.17. The fraction of sp³-hybridized carbons (Fsp3) is 0.300. The Hall–Kier alpha value is -3.73. The number of ether oxygens (including phenoxy) is 3. The van der Waals surface area contributed by atoms with E-state index in [1.807, 2.05) is 30.3 Å². The Balaban J connectivity index is 1.51. The summed E-state index contributed by atoms with van der Waals surface area (Å²) in [4.78, 5) is 13.5. The molecule has 5 nitrogen and oxygen atoms in total. The van der Waals surface area contributed by atoms with E-state index in [0.29, 0.717) is 47.9 Å². The van der Waals surface area contributed by atoms with Gasteiger partial charge < -0.3 is 18.6 Å². The second kappa shape index (κ2) is 9.87. The SMILES string of the molecule is CCCc1cc2c(=O)c(-c3ccc4c(c3)OCCCO4)coc2cc1OCc1cc(C)ccc1C. The molecule has 0 fully saturated rings. The maximum absolute atomic E-state index is 13.5.